The minimum atomic E-state index is -0.813. The molecule has 1 atom stereocenters. The number of aromatic nitrogens is 2. The van der Waals surface area contributed by atoms with Crippen molar-refractivity contribution in [2.75, 3.05) is 25.1 Å². The molecule has 0 unspecified atom stereocenters. The first-order chi connectivity index (χ1) is 16.0. The molecule has 2 amide bonds. The number of carbonyl (C=O) groups excluding carboxylic acids is 2. The number of benzene rings is 2. The van der Waals surface area contributed by atoms with Crippen molar-refractivity contribution in [3.63, 3.8) is 0 Å². The molecule has 8 nitrogen and oxygen atoms in total. The predicted molar refractivity (Wildman–Crippen MR) is 121 cm³/mol. The Bertz CT molecular complexity index is 1300. The van der Waals surface area contributed by atoms with Crippen molar-refractivity contribution in [2.45, 2.75) is 19.0 Å². The van der Waals surface area contributed by atoms with Crippen LogP contribution < -0.4 is 9.64 Å². The topological polar surface area (TPSA) is 91.5 Å². The molecule has 0 bridgehead atoms. The summed E-state index contributed by atoms with van der Waals surface area (Å²) in [5.41, 5.74) is 2.98. The third-order valence-corrected chi connectivity index (χ3v) is 6.49. The highest BCUT2D eigenvalue weighted by molar-refractivity contribution is 6.31. The van der Waals surface area contributed by atoms with Crippen LogP contribution in [-0.2, 0) is 17.8 Å². The van der Waals surface area contributed by atoms with Crippen molar-refractivity contribution < 1.29 is 14.3 Å². The lowest BCUT2D eigenvalue weighted by atomic mass is 10.0. The van der Waals surface area contributed by atoms with Gasteiger partial charge in [-0.15, -0.1) is 0 Å². The van der Waals surface area contributed by atoms with Gasteiger partial charge in [0.1, 0.15) is 23.6 Å². The predicted octanol–water partition coefficient (Wildman–Crippen LogP) is 2.88. The maximum absolute atomic E-state index is 13.4. The molecule has 2 aliphatic rings. The average Bonchev–Trinajstić information content (AvgIpc) is 3.09. The van der Waals surface area contributed by atoms with Crippen LogP contribution in [0.15, 0.2) is 48.5 Å². The summed E-state index contributed by atoms with van der Waals surface area (Å²) >= 11 is 6.56. The standard InChI is InChI=1S/C24H20ClN5O3/c1-28-18-8-7-16(12-26)11-20(18)33-14-19(23(28)31)29-10-9-17-21(24(29)32)27-30(22(17)25)13-15-5-3-2-4-6-15/h2-8,11,19H,9-10,13-14H2,1H3/t19-/m0/s1. The summed E-state index contributed by atoms with van der Waals surface area (Å²) in [6, 6.07) is 15.9. The first-order valence-electron chi connectivity index (χ1n) is 10.5. The average molecular weight is 462 g/mol. The van der Waals surface area contributed by atoms with E-state index >= 15 is 0 Å². The van der Waals surface area contributed by atoms with Crippen molar-refractivity contribution in [3.8, 4) is 11.8 Å². The fraction of sp³-hybridized carbons (Fsp3) is 0.250. The molecule has 0 spiro atoms. The number of nitrogens with zero attached hydrogens (tertiary/aromatic N) is 5. The number of hydrogen-bond acceptors (Lipinski definition) is 5. The lowest BCUT2D eigenvalue weighted by Gasteiger charge is -2.33. The lowest BCUT2D eigenvalue weighted by Crippen LogP contribution is -2.54. The molecule has 0 N–H and O–H groups in total. The third-order valence-electron chi connectivity index (χ3n) is 6.06. The minimum absolute atomic E-state index is 0.00934. The molecular formula is C24H20ClN5O3. The number of halogens is 1. The van der Waals surface area contributed by atoms with Gasteiger partial charge in [0.25, 0.3) is 11.8 Å². The summed E-state index contributed by atoms with van der Waals surface area (Å²) in [4.78, 5) is 29.6. The maximum atomic E-state index is 13.4. The van der Waals surface area contributed by atoms with E-state index in [0.717, 1.165) is 5.56 Å². The first-order valence-corrected chi connectivity index (χ1v) is 10.9. The minimum Gasteiger partial charge on any atom is -0.489 e. The second-order valence-electron chi connectivity index (χ2n) is 8.03. The van der Waals surface area contributed by atoms with E-state index < -0.39 is 6.04 Å². The number of nitriles is 1. The molecule has 166 valence electrons. The number of fused-ring (bicyclic) bond motifs is 2. The zero-order chi connectivity index (χ0) is 23.1. The van der Waals surface area contributed by atoms with E-state index in [4.69, 9.17) is 21.6 Å². The largest absolute Gasteiger partial charge is 0.489 e. The van der Waals surface area contributed by atoms with Gasteiger partial charge < -0.3 is 14.5 Å². The monoisotopic (exact) mass is 461 g/mol. The Labute approximate surface area is 195 Å². The van der Waals surface area contributed by atoms with Gasteiger partial charge in [0, 0.05) is 25.2 Å². The van der Waals surface area contributed by atoms with Crippen molar-refractivity contribution >= 4 is 29.1 Å². The Kier molecular flexibility index (Phi) is 5.27. The fourth-order valence-electron chi connectivity index (χ4n) is 4.28. The Morgan fingerprint density at radius 3 is 2.76 bits per heavy atom. The molecule has 3 heterocycles. The van der Waals surface area contributed by atoms with Crippen LogP contribution in [0.5, 0.6) is 5.75 Å². The Balaban J connectivity index is 1.42. The van der Waals surface area contributed by atoms with Crippen molar-refractivity contribution in [1.29, 1.82) is 5.26 Å². The second kappa shape index (κ2) is 8.26. The quantitative estimate of drug-likeness (QED) is 0.598. The summed E-state index contributed by atoms with van der Waals surface area (Å²) in [6.45, 7) is 0.769. The summed E-state index contributed by atoms with van der Waals surface area (Å²) in [5.74, 6) is -0.165. The molecule has 9 heteroatoms. The molecule has 1 aromatic heterocycles. The molecule has 0 radical (unpaired) electrons. The smallest absolute Gasteiger partial charge is 0.275 e. The SMILES string of the molecule is CN1C(=O)[C@@H](N2CCc3c(nn(Cc4ccccc4)c3Cl)C2=O)COc2cc(C#N)ccc21. The Morgan fingerprint density at radius 1 is 1.21 bits per heavy atom. The molecular weight excluding hydrogens is 442 g/mol. The second-order valence-corrected chi connectivity index (χ2v) is 8.39. The van der Waals surface area contributed by atoms with Gasteiger partial charge in [-0.1, -0.05) is 41.9 Å². The van der Waals surface area contributed by atoms with Crippen LogP contribution in [0.1, 0.15) is 27.2 Å². The number of amides is 2. The van der Waals surface area contributed by atoms with E-state index in [9.17, 15) is 9.59 Å². The Hall–Kier alpha value is -3.83. The van der Waals surface area contributed by atoms with Crippen LogP contribution in [0.2, 0.25) is 5.15 Å². The lowest BCUT2D eigenvalue weighted by molar-refractivity contribution is -0.123. The number of rotatable bonds is 3. The normalized spacial score (nSPS) is 17.7. The van der Waals surface area contributed by atoms with Gasteiger partial charge >= 0.3 is 0 Å². The Morgan fingerprint density at radius 2 is 2.00 bits per heavy atom. The van der Waals surface area contributed by atoms with Gasteiger partial charge in [0.2, 0.25) is 0 Å². The molecule has 0 saturated carbocycles. The maximum Gasteiger partial charge on any atom is 0.275 e. The van der Waals surface area contributed by atoms with E-state index in [2.05, 4.69) is 11.2 Å². The van der Waals surface area contributed by atoms with Crippen molar-refractivity contribution in [1.82, 2.24) is 14.7 Å². The zero-order valence-electron chi connectivity index (χ0n) is 17.9. The van der Waals surface area contributed by atoms with Crippen LogP contribution in [0.3, 0.4) is 0 Å². The molecule has 0 aliphatic carbocycles. The molecule has 3 aromatic rings. The summed E-state index contributed by atoms with van der Waals surface area (Å²) in [6.07, 6.45) is 0.494. The number of ether oxygens (including phenoxy) is 1. The highest BCUT2D eigenvalue weighted by Gasteiger charge is 2.40. The number of anilines is 1. The van der Waals surface area contributed by atoms with Gasteiger partial charge in [0.05, 0.1) is 23.9 Å². The molecule has 0 saturated heterocycles. The fourth-order valence-corrected chi connectivity index (χ4v) is 4.56. The van der Waals surface area contributed by atoms with Gasteiger partial charge in [0.15, 0.2) is 5.69 Å². The van der Waals surface area contributed by atoms with Crippen LogP contribution in [0.25, 0.3) is 0 Å². The molecule has 2 aliphatic heterocycles. The van der Waals surface area contributed by atoms with E-state index in [0.29, 0.717) is 47.2 Å². The number of likely N-dealkylation sites (N-methyl/N-ethyl adjacent to an activating group) is 1. The zero-order valence-corrected chi connectivity index (χ0v) is 18.6. The molecule has 2 aromatic carbocycles. The molecule has 33 heavy (non-hydrogen) atoms. The summed E-state index contributed by atoms with van der Waals surface area (Å²) in [5, 5.41) is 14.1. The highest BCUT2D eigenvalue weighted by atomic mass is 35.5. The van der Waals surface area contributed by atoms with Crippen LogP contribution in [0.4, 0.5) is 5.69 Å². The van der Waals surface area contributed by atoms with Gasteiger partial charge in [-0.2, -0.15) is 10.4 Å². The molecule has 0 fully saturated rings. The number of carbonyl (C=O) groups is 2. The van der Waals surface area contributed by atoms with Crippen molar-refractivity contribution in [3.05, 3.63) is 76.1 Å². The van der Waals surface area contributed by atoms with Gasteiger partial charge in [-0.3, -0.25) is 9.59 Å². The van der Waals surface area contributed by atoms with Crippen LogP contribution >= 0.6 is 11.6 Å². The van der Waals surface area contributed by atoms with Crippen molar-refractivity contribution in [2.24, 2.45) is 0 Å². The van der Waals surface area contributed by atoms with E-state index in [-0.39, 0.29) is 24.1 Å². The van der Waals surface area contributed by atoms with E-state index in [1.54, 1.807) is 29.9 Å². The van der Waals surface area contributed by atoms with E-state index in [1.165, 1.54) is 9.80 Å². The van der Waals surface area contributed by atoms with Gasteiger partial charge in [-0.05, 0) is 24.1 Å². The number of hydrogen-bond donors (Lipinski definition) is 0. The first kappa shape index (κ1) is 21.0. The third kappa shape index (κ3) is 3.60. The summed E-state index contributed by atoms with van der Waals surface area (Å²) < 4.78 is 7.51. The van der Waals surface area contributed by atoms with E-state index in [1.807, 2.05) is 30.3 Å². The van der Waals surface area contributed by atoms with Crippen LogP contribution in [0, 0.1) is 11.3 Å². The van der Waals surface area contributed by atoms with Gasteiger partial charge in [-0.25, -0.2) is 4.68 Å². The highest BCUT2D eigenvalue weighted by Crippen LogP contribution is 2.34. The molecule has 5 rings (SSSR count). The van der Waals surface area contributed by atoms with Crippen LogP contribution in [-0.4, -0.2) is 52.7 Å². The summed E-state index contributed by atoms with van der Waals surface area (Å²) in [7, 11) is 1.64.